The number of Topliss-reactive ketones (excluding diaryl/α,β-unsaturated/α-hetero) is 1. The van der Waals surface area contributed by atoms with Crippen LogP contribution < -0.4 is 4.74 Å². The number of hydrogen-bond donors (Lipinski definition) is 0. The number of ketones is 1. The van der Waals surface area contributed by atoms with Crippen molar-refractivity contribution in [1.82, 2.24) is 0 Å². The Morgan fingerprint density at radius 3 is 2.22 bits per heavy atom. The molecule has 0 aliphatic rings. The Hall–Kier alpha value is -1.31. The molecule has 2 nitrogen and oxygen atoms in total. The third-order valence-electron chi connectivity index (χ3n) is 2.91. The van der Waals surface area contributed by atoms with Crippen molar-refractivity contribution in [2.24, 2.45) is 11.3 Å². The number of carbonyl (C=O) groups is 1. The molecule has 1 atom stereocenters. The van der Waals surface area contributed by atoms with Crippen LogP contribution in [-0.2, 0) is 0 Å². The maximum Gasteiger partial charge on any atom is 0.163 e. The zero-order chi connectivity index (χ0) is 13.8. The molecule has 0 saturated heterocycles. The minimum Gasteiger partial charge on any atom is -0.497 e. The largest absolute Gasteiger partial charge is 0.497 e. The topological polar surface area (TPSA) is 26.3 Å². The lowest BCUT2D eigenvalue weighted by Gasteiger charge is -2.22. The highest BCUT2D eigenvalue weighted by atomic mass is 16.5. The third kappa shape index (κ3) is 4.91. The SMILES string of the molecule is COc1ccc(C(=O)CC(C)CC(C)(C)C)cc1. The second kappa shape index (κ2) is 6.03. The summed E-state index contributed by atoms with van der Waals surface area (Å²) in [6.07, 6.45) is 1.68. The zero-order valence-corrected chi connectivity index (χ0v) is 12.1. The van der Waals surface area contributed by atoms with Gasteiger partial charge in [0.2, 0.25) is 0 Å². The number of rotatable bonds is 5. The van der Waals surface area contributed by atoms with E-state index in [1.807, 2.05) is 24.3 Å². The van der Waals surface area contributed by atoms with Gasteiger partial charge in [-0.1, -0.05) is 27.7 Å². The molecule has 18 heavy (non-hydrogen) atoms. The molecular formula is C16H24O2. The summed E-state index contributed by atoms with van der Waals surface area (Å²) >= 11 is 0. The van der Waals surface area contributed by atoms with Gasteiger partial charge in [-0.3, -0.25) is 4.79 Å². The van der Waals surface area contributed by atoms with Crippen LogP contribution in [0.1, 0.15) is 50.9 Å². The first kappa shape index (κ1) is 14.7. The average Bonchev–Trinajstić information content (AvgIpc) is 2.26. The first-order valence-electron chi connectivity index (χ1n) is 6.49. The van der Waals surface area contributed by atoms with E-state index in [0.717, 1.165) is 17.7 Å². The molecule has 1 unspecified atom stereocenters. The lowest BCUT2D eigenvalue weighted by atomic mass is 9.83. The van der Waals surface area contributed by atoms with Gasteiger partial charge >= 0.3 is 0 Å². The highest BCUT2D eigenvalue weighted by molar-refractivity contribution is 5.96. The Morgan fingerprint density at radius 2 is 1.78 bits per heavy atom. The van der Waals surface area contributed by atoms with Crippen LogP contribution in [0.15, 0.2) is 24.3 Å². The zero-order valence-electron chi connectivity index (χ0n) is 12.1. The fraction of sp³-hybridized carbons (Fsp3) is 0.562. The van der Waals surface area contributed by atoms with E-state index in [0.29, 0.717) is 12.3 Å². The molecule has 0 aromatic heterocycles. The van der Waals surface area contributed by atoms with Gasteiger partial charge in [0, 0.05) is 12.0 Å². The van der Waals surface area contributed by atoms with Gasteiger partial charge in [0.1, 0.15) is 5.75 Å². The van der Waals surface area contributed by atoms with Crippen molar-refractivity contribution in [3.63, 3.8) is 0 Å². The molecule has 0 amide bonds. The summed E-state index contributed by atoms with van der Waals surface area (Å²) in [6.45, 7) is 8.77. The van der Waals surface area contributed by atoms with E-state index in [2.05, 4.69) is 27.7 Å². The molecular weight excluding hydrogens is 224 g/mol. The Labute approximate surface area is 110 Å². The van der Waals surface area contributed by atoms with Gasteiger partial charge < -0.3 is 4.74 Å². The van der Waals surface area contributed by atoms with Gasteiger partial charge in [-0.15, -0.1) is 0 Å². The van der Waals surface area contributed by atoms with Crippen molar-refractivity contribution < 1.29 is 9.53 Å². The van der Waals surface area contributed by atoms with Gasteiger partial charge in [-0.25, -0.2) is 0 Å². The van der Waals surface area contributed by atoms with E-state index in [1.165, 1.54) is 0 Å². The van der Waals surface area contributed by atoms with Gasteiger partial charge in [0.25, 0.3) is 0 Å². The predicted molar refractivity (Wildman–Crippen MR) is 75.2 cm³/mol. The normalized spacial score (nSPS) is 13.2. The minimum absolute atomic E-state index is 0.217. The maximum atomic E-state index is 12.1. The van der Waals surface area contributed by atoms with E-state index in [9.17, 15) is 4.79 Å². The molecule has 0 fully saturated rings. The van der Waals surface area contributed by atoms with Crippen molar-refractivity contribution >= 4 is 5.78 Å². The summed E-state index contributed by atoms with van der Waals surface area (Å²) in [5.74, 6) is 1.42. The fourth-order valence-corrected chi connectivity index (χ4v) is 2.33. The Kier molecular flexibility index (Phi) is 4.94. The summed E-state index contributed by atoms with van der Waals surface area (Å²) in [4.78, 5) is 12.1. The quantitative estimate of drug-likeness (QED) is 0.724. The van der Waals surface area contributed by atoms with Gasteiger partial charge in [-0.05, 0) is 42.0 Å². The molecule has 2 heteroatoms. The molecule has 1 aromatic carbocycles. The highest BCUT2D eigenvalue weighted by Gasteiger charge is 2.18. The van der Waals surface area contributed by atoms with Crippen LogP contribution in [0.5, 0.6) is 5.75 Å². The molecule has 100 valence electrons. The van der Waals surface area contributed by atoms with Gasteiger partial charge in [0.15, 0.2) is 5.78 Å². The molecule has 0 radical (unpaired) electrons. The molecule has 0 aliphatic carbocycles. The lowest BCUT2D eigenvalue weighted by Crippen LogP contribution is -2.14. The first-order valence-corrected chi connectivity index (χ1v) is 6.49. The highest BCUT2D eigenvalue weighted by Crippen LogP contribution is 2.27. The summed E-state index contributed by atoms with van der Waals surface area (Å²) < 4.78 is 5.08. The van der Waals surface area contributed by atoms with Crippen LogP contribution in [0.3, 0.4) is 0 Å². The van der Waals surface area contributed by atoms with E-state index >= 15 is 0 Å². The first-order chi connectivity index (χ1) is 8.31. The van der Waals surface area contributed by atoms with Crippen LogP contribution >= 0.6 is 0 Å². The number of ether oxygens (including phenoxy) is 1. The van der Waals surface area contributed by atoms with Crippen molar-refractivity contribution in [2.75, 3.05) is 7.11 Å². The minimum atomic E-state index is 0.217. The predicted octanol–water partition coefficient (Wildman–Crippen LogP) is 4.34. The standard InChI is InChI=1S/C16H24O2/c1-12(11-16(2,3)4)10-15(17)13-6-8-14(18-5)9-7-13/h6-9,12H,10-11H2,1-5H3. The van der Waals surface area contributed by atoms with E-state index < -0.39 is 0 Å². The van der Waals surface area contributed by atoms with Crippen molar-refractivity contribution in [3.8, 4) is 5.75 Å². The van der Waals surface area contributed by atoms with Crippen molar-refractivity contribution in [1.29, 1.82) is 0 Å². The Morgan fingerprint density at radius 1 is 1.22 bits per heavy atom. The Balaban J connectivity index is 2.59. The van der Waals surface area contributed by atoms with Crippen LogP contribution in [-0.4, -0.2) is 12.9 Å². The summed E-state index contributed by atoms with van der Waals surface area (Å²) in [5.41, 5.74) is 1.05. The number of benzene rings is 1. The lowest BCUT2D eigenvalue weighted by molar-refractivity contribution is 0.0954. The monoisotopic (exact) mass is 248 g/mol. The van der Waals surface area contributed by atoms with Crippen LogP contribution in [0.25, 0.3) is 0 Å². The molecule has 0 saturated carbocycles. The van der Waals surface area contributed by atoms with Gasteiger partial charge in [-0.2, -0.15) is 0 Å². The number of methoxy groups -OCH3 is 1. The summed E-state index contributed by atoms with van der Waals surface area (Å²) in [7, 11) is 1.63. The molecule has 0 spiro atoms. The summed E-state index contributed by atoms with van der Waals surface area (Å²) in [6, 6.07) is 7.35. The van der Waals surface area contributed by atoms with E-state index in [4.69, 9.17) is 4.74 Å². The van der Waals surface area contributed by atoms with Gasteiger partial charge in [0.05, 0.1) is 7.11 Å². The van der Waals surface area contributed by atoms with Crippen LogP contribution in [0, 0.1) is 11.3 Å². The second-order valence-corrected chi connectivity index (χ2v) is 6.23. The second-order valence-electron chi connectivity index (χ2n) is 6.23. The van der Waals surface area contributed by atoms with Crippen molar-refractivity contribution in [3.05, 3.63) is 29.8 Å². The van der Waals surface area contributed by atoms with Crippen LogP contribution in [0.4, 0.5) is 0 Å². The van der Waals surface area contributed by atoms with E-state index in [-0.39, 0.29) is 11.2 Å². The Bertz CT molecular complexity index is 385. The van der Waals surface area contributed by atoms with Crippen LogP contribution in [0.2, 0.25) is 0 Å². The smallest absolute Gasteiger partial charge is 0.163 e. The number of hydrogen-bond acceptors (Lipinski definition) is 2. The molecule has 1 aromatic rings. The summed E-state index contributed by atoms with van der Waals surface area (Å²) in [5, 5.41) is 0. The maximum absolute atomic E-state index is 12.1. The third-order valence-corrected chi connectivity index (χ3v) is 2.91. The van der Waals surface area contributed by atoms with Crippen molar-refractivity contribution in [2.45, 2.75) is 40.5 Å². The molecule has 0 bridgehead atoms. The molecule has 0 N–H and O–H groups in total. The fourth-order valence-electron chi connectivity index (χ4n) is 2.33. The average molecular weight is 248 g/mol. The number of carbonyl (C=O) groups excluding carboxylic acids is 1. The van der Waals surface area contributed by atoms with E-state index in [1.54, 1.807) is 7.11 Å². The molecule has 1 rings (SSSR count). The molecule has 0 aliphatic heterocycles. The molecule has 0 heterocycles.